The first-order valence-electron chi connectivity index (χ1n) is 12.2. The molecule has 0 bridgehead atoms. The molecule has 4 rings (SSSR count). The van der Waals surface area contributed by atoms with Crippen LogP contribution in [-0.2, 0) is 9.53 Å². The molecule has 1 aromatic rings. The monoisotopic (exact) mass is 465 g/mol. The van der Waals surface area contributed by atoms with Crippen molar-refractivity contribution < 1.29 is 14.3 Å². The topological polar surface area (TPSA) is 110 Å². The van der Waals surface area contributed by atoms with Crippen LogP contribution in [0.2, 0.25) is 0 Å². The molecule has 3 fully saturated rings. The molecule has 3 aliphatic rings. The van der Waals surface area contributed by atoms with Crippen LogP contribution in [0.1, 0.15) is 60.3 Å². The smallest absolute Gasteiger partial charge is 0.270 e. The zero-order chi connectivity index (χ0) is 24.3. The van der Waals surface area contributed by atoms with E-state index in [0.29, 0.717) is 31.0 Å². The van der Waals surface area contributed by atoms with Gasteiger partial charge in [-0.3, -0.25) is 14.9 Å². The normalized spacial score (nSPS) is 24.4. The van der Waals surface area contributed by atoms with E-state index in [-0.39, 0.29) is 29.2 Å². The number of hydrogen-bond acceptors (Lipinski definition) is 5. The minimum atomic E-state index is -0.406. The minimum absolute atomic E-state index is 0.0127. The summed E-state index contributed by atoms with van der Waals surface area (Å²) in [6.45, 7) is 7.63. The van der Waals surface area contributed by atoms with Crippen molar-refractivity contribution in [1.29, 1.82) is 5.26 Å². The van der Waals surface area contributed by atoms with E-state index in [4.69, 9.17) is 4.74 Å². The summed E-state index contributed by atoms with van der Waals surface area (Å²) in [6, 6.07) is 3.77. The minimum Gasteiger partial charge on any atom is -0.496 e. The lowest BCUT2D eigenvalue weighted by atomic mass is 9.67. The number of aromatic amines is 1. The summed E-state index contributed by atoms with van der Waals surface area (Å²) >= 11 is 0. The zero-order valence-corrected chi connectivity index (χ0v) is 20.2. The lowest BCUT2D eigenvalue weighted by Gasteiger charge is -2.37. The van der Waals surface area contributed by atoms with Crippen molar-refractivity contribution >= 4 is 17.6 Å². The fourth-order valence-corrected chi connectivity index (χ4v) is 5.70. The first-order valence-corrected chi connectivity index (χ1v) is 12.2. The second-order valence-corrected chi connectivity index (χ2v) is 9.94. The summed E-state index contributed by atoms with van der Waals surface area (Å²) in [7, 11) is 1.60. The van der Waals surface area contributed by atoms with Gasteiger partial charge in [0.2, 0.25) is 5.91 Å². The van der Waals surface area contributed by atoms with E-state index >= 15 is 0 Å². The molecule has 1 saturated carbocycles. The Hall–Kier alpha value is -3.05. The molecule has 3 heterocycles. The van der Waals surface area contributed by atoms with Gasteiger partial charge in [-0.05, 0) is 56.6 Å². The number of carbonyl (C=O) groups excluding carboxylic acids is 2. The van der Waals surface area contributed by atoms with Gasteiger partial charge in [0, 0.05) is 42.9 Å². The van der Waals surface area contributed by atoms with E-state index in [2.05, 4.69) is 28.3 Å². The summed E-state index contributed by atoms with van der Waals surface area (Å²) in [5, 5.41) is 15.9. The Morgan fingerprint density at radius 3 is 2.88 bits per heavy atom. The lowest BCUT2D eigenvalue weighted by molar-refractivity contribution is -0.122. The van der Waals surface area contributed by atoms with Crippen molar-refractivity contribution in [3.63, 3.8) is 0 Å². The third kappa shape index (κ3) is 4.76. The highest BCUT2D eigenvalue weighted by atomic mass is 16.5. The summed E-state index contributed by atoms with van der Waals surface area (Å²) < 4.78 is 5.47. The molecule has 2 aliphatic heterocycles. The molecule has 182 valence electrons. The molecule has 2 amide bonds. The van der Waals surface area contributed by atoms with Crippen molar-refractivity contribution in [1.82, 2.24) is 20.5 Å². The number of carbonyl (C=O) groups is 2. The number of allylic oxidation sites excluding steroid dienone is 2. The van der Waals surface area contributed by atoms with Crippen LogP contribution in [0.15, 0.2) is 24.8 Å². The number of likely N-dealkylation sites (tertiary alicyclic amines) is 1. The third-order valence-corrected chi connectivity index (χ3v) is 7.73. The van der Waals surface area contributed by atoms with Crippen LogP contribution in [0.5, 0.6) is 0 Å². The van der Waals surface area contributed by atoms with Gasteiger partial charge >= 0.3 is 0 Å². The van der Waals surface area contributed by atoms with Gasteiger partial charge in [-0.2, -0.15) is 5.26 Å². The van der Waals surface area contributed by atoms with Crippen LogP contribution in [0, 0.1) is 29.6 Å². The van der Waals surface area contributed by atoms with Crippen molar-refractivity contribution in [2.45, 2.75) is 57.5 Å². The third-order valence-electron chi connectivity index (χ3n) is 7.73. The average Bonchev–Trinajstić information content (AvgIpc) is 3.51. The molecule has 0 radical (unpaired) electrons. The Morgan fingerprint density at radius 1 is 1.50 bits per heavy atom. The fourth-order valence-electron chi connectivity index (χ4n) is 5.70. The number of aromatic nitrogens is 1. The van der Waals surface area contributed by atoms with Crippen LogP contribution >= 0.6 is 0 Å². The van der Waals surface area contributed by atoms with Gasteiger partial charge in [-0.25, -0.2) is 0 Å². The Bertz CT molecular complexity index is 1020. The average molecular weight is 466 g/mol. The molecule has 3 atom stereocenters. The number of amides is 2. The number of nitriles is 1. The predicted octanol–water partition coefficient (Wildman–Crippen LogP) is 2.89. The quantitative estimate of drug-likeness (QED) is 0.384. The van der Waals surface area contributed by atoms with Crippen molar-refractivity contribution in [3.05, 3.63) is 41.7 Å². The van der Waals surface area contributed by atoms with Crippen LogP contribution in [0.25, 0.3) is 5.76 Å². The van der Waals surface area contributed by atoms with E-state index in [0.717, 1.165) is 43.5 Å². The molecular formula is C26H35N5O3. The fraction of sp³-hybridized carbons (Fsp3) is 0.577. The van der Waals surface area contributed by atoms with E-state index in [1.54, 1.807) is 19.3 Å². The van der Waals surface area contributed by atoms with Crippen LogP contribution in [0.3, 0.4) is 0 Å². The predicted molar refractivity (Wildman–Crippen MR) is 130 cm³/mol. The van der Waals surface area contributed by atoms with Crippen molar-refractivity contribution in [3.8, 4) is 6.07 Å². The molecule has 1 aromatic heterocycles. The molecule has 0 aromatic carbocycles. The molecule has 34 heavy (non-hydrogen) atoms. The highest BCUT2D eigenvalue weighted by molar-refractivity contribution is 5.94. The number of aryl methyl sites for hydroxylation is 1. The van der Waals surface area contributed by atoms with Gasteiger partial charge in [0.05, 0.1) is 19.2 Å². The van der Waals surface area contributed by atoms with Crippen molar-refractivity contribution in [2.75, 3.05) is 26.7 Å². The number of nitrogens with zero attached hydrogens (tertiary/aromatic N) is 2. The molecular weight excluding hydrogens is 430 g/mol. The van der Waals surface area contributed by atoms with E-state index < -0.39 is 6.04 Å². The number of methoxy groups -OCH3 is 1. The molecule has 3 N–H and O–H groups in total. The second-order valence-electron chi connectivity index (χ2n) is 9.94. The lowest BCUT2D eigenvalue weighted by Crippen LogP contribution is -2.45. The summed E-state index contributed by atoms with van der Waals surface area (Å²) in [5.74, 6) is 0.552. The summed E-state index contributed by atoms with van der Waals surface area (Å²) in [6.07, 6.45) is 9.15. The van der Waals surface area contributed by atoms with Gasteiger partial charge in [-0.1, -0.05) is 19.1 Å². The second kappa shape index (κ2) is 10.1. The number of hydrogen-bond donors (Lipinski definition) is 3. The Kier molecular flexibility index (Phi) is 7.13. The highest BCUT2D eigenvalue weighted by Gasteiger charge is 2.49. The first kappa shape index (κ1) is 24.1. The van der Waals surface area contributed by atoms with Gasteiger partial charge < -0.3 is 19.9 Å². The van der Waals surface area contributed by atoms with Gasteiger partial charge in [0.15, 0.2) is 0 Å². The van der Waals surface area contributed by atoms with E-state index in [1.807, 2.05) is 17.9 Å². The maximum Gasteiger partial charge on any atom is 0.270 e. The van der Waals surface area contributed by atoms with Gasteiger partial charge in [-0.15, -0.1) is 0 Å². The van der Waals surface area contributed by atoms with E-state index in [9.17, 15) is 14.9 Å². The maximum atomic E-state index is 13.6. The number of H-pyrrole nitrogens is 1. The standard InChI is InChI=1S/C26H35N5O3/c1-4-6-23(34-3)21-12-22(30-17(21)2)25(33)31-16-26(8-5-9-26)13-20(31)15-29-19(14-27)11-18-7-10-28-24(18)32/h4,6,12,18-20,29-30H,1,5,7-11,13,15-16H2,2-3H3,(H,28,32)/b23-6+. The molecule has 8 nitrogen and oxygen atoms in total. The van der Waals surface area contributed by atoms with Gasteiger partial charge in [0.25, 0.3) is 5.91 Å². The largest absolute Gasteiger partial charge is 0.496 e. The van der Waals surface area contributed by atoms with Gasteiger partial charge in [0.1, 0.15) is 11.5 Å². The molecule has 3 unspecified atom stereocenters. The molecule has 2 saturated heterocycles. The SMILES string of the molecule is C=C/C=C(/OC)c1cc(C(=O)N2CC3(CCC3)CC2CNC(C#N)CC2CCNC2=O)[nH]c1C. The number of ether oxygens (including phenoxy) is 1. The molecule has 8 heteroatoms. The Morgan fingerprint density at radius 2 is 2.29 bits per heavy atom. The zero-order valence-electron chi connectivity index (χ0n) is 20.2. The van der Waals surface area contributed by atoms with Crippen LogP contribution < -0.4 is 10.6 Å². The van der Waals surface area contributed by atoms with Crippen molar-refractivity contribution in [2.24, 2.45) is 11.3 Å². The van der Waals surface area contributed by atoms with Crippen LogP contribution in [-0.4, -0.2) is 60.5 Å². The Labute approximate surface area is 201 Å². The summed E-state index contributed by atoms with van der Waals surface area (Å²) in [5.41, 5.74) is 2.45. The Balaban J connectivity index is 1.47. The number of nitrogens with one attached hydrogen (secondary N) is 3. The highest BCUT2D eigenvalue weighted by Crippen LogP contribution is 2.50. The maximum absolute atomic E-state index is 13.6. The first-order chi connectivity index (χ1) is 16.4. The van der Waals surface area contributed by atoms with E-state index in [1.165, 1.54) is 6.42 Å². The number of rotatable bonds is 9. The van der Waals surface area contributed by atoms with Crippen LogP contribution in [0.4, 0.5) is 0 Å². The summed E-state index contributed by atoms with van der Waals surface area (Å²) in [4.78, 5) is 30.8. The molecule has 1 spiro atoms. The molecule has 1 aliphatic carbocycles.